The zero-order valence-corrected chi connectivity index (χ0v) is 19.4. The van der Waals surface area contributed by atoms with Crippen LogP contribution in [-0.4, -0.2) is 56.5 Å². The zero-order chi connectivity index (χ0) is 23.8. The first-order valence-electron chi connectivity index (χ1n) is 11.5. The Morgan fingerprint density at radius 3 is 2.82 bits per heavy atom. The standard InChI is InChI=1S/C25H34FN3O4/c1-3-32-22-6-5-20(26)16-23(22)33-12-8-28-17(2)13-18-14-19-7-10-29(9-4-11-30)24(19)21(15-18)25(27)31/h5-6,14-17,28,30H,3-4,7-13H2,1-2H3,(H2,27,31). The summed E-state index contributed by atoms with van der Waals surface area (Å²) in [6.45, 7) is 7.01. The van der Waals surface area contributed by atoms with Crippen LogP contribution in [0.5, 0.6) is 11.5 Å². The number of amides is 1. The number of halogens is 1. The van der Waals surface area contributed by atoms with Crippen molar-refractivity contribution in [1.29, 1.82) is 0 Å². The van der Waals surface area contributed by atoms with E-state index in [0.29, 0.717) is 49.8 Å². The van der Waals surface area contributed by atoms with Gasteiger partial charge in [-0.15, -0.1) is 0 Å². The van der Waals surface area contributed by atoms with Gasteiger partial charge in [0.05, 0.1) is 17.9 Å². The second kappa shape index (κ2) is 11.9. The van der Waals surface area contributed by atoms with Crippen LogP contribution < -0.4 is 25.4 Å². The number of carbonyl (C=O) groups is 1. The van der Waals surface area contributed by atoms with Crippen molar-refractivity contribution in [2.24, 2.45) is 5.73 Å². The molecule has 0 saturated carbocycles. The lowest BCUT2D eigenvalue weighted by atomic mass is 9.98. The average molecular weight is 460 g/mol. The maximum absolute atomic E-state index is 13.5. The molecule has 1 unspecified atom stereocenters. The molecule has 0 aliphatic carbocycles. The van der Waals surface area contributed by atoms with Crippen molar-refractivity contribution in [2.75, 3.05) is 44.4 Å². The fourth-order valence-electron chi connectivity index (χ4n) is 4.24. The minimum atomic E-state index is -0.432. The van der Waals surface area contributed by atoms with Crippen LogP contribution in [0, 0.1) is 5.82 Å². The van der Waals surface area contributed by atoms with Gasteiger partial charge in [-0.1, -0.05) is 6.07 Å². The van der Waals surface area contributed by atoms with Gasteiger partial charge in [0.25, 0.3) is 5.91 Å². The highest BCUT2D eigenvalue weighted by Gasteiger charge is 2.25. The summed E-state index contributed by atoms with van der Waals surface area (Å²) in [5.41, 5.74) is 9.33. The van der Waals surface area contributed by atoms with E-state index in [0.717, 1.165) is 36.2 Å². The van der Waals surface area contributed by atoms with E-state index in [2.05, 4.69) is 23.2 Å². The summed E-state index contributed by atoms with van der Waals surface area (Å²) < 4.78 is 24.7. The van der Waals surface area contributed by atoms with Crippen LogP contribution in [-0.2, 0) is 12.8 Å². The van der Waals surface area contributed by atoms with E-state index in [1.165, 1.54) is 12.1 Å². The normalized spacial score (nSPS) is 13.6. The molecule has 1 aliphatic rings. The minimum Gasteiger partial charge on any atom is -0.490 e. The molecule has 0 aromatic heterocycles. The van der Waals surface area contributed by atoms with Gasteiger partial charge in [-0.3, -0.25) is 4.79 Å². The van der Waals surface area contributed by atoms with Crippen LogP contribution in [0.3, 0.4) is 0 Å². The van der Waals surface area contributed by atoms with Crippen molar-refractivity contribution in [2.45, 2.75) is 39.2 Å². The summed E-state index contributed by atoms with van der Waals surface area (Å²) >= 11 is 0. The van der Waals surface area contributed by atoms with Gasteiger partial charge in [0, 0.05) is 38.3 Å². The van der Waals surface area contributed by atoms with Crippen LogP contribution in [0.4, 0.5) is 10.1 Å². The molecule has 0 radical (unpaired) electrons. The van der Waals surface area contributed by atoms with Crippen molar-refractivity contribution < 1.29 is 23.8 Å². The molecule has 4 N–H and O–H groups in total. The van der Waals surface area contributed by atoms with E-state index in [1.807, 2.05) is 13.0 Å². The van der Waals surface area contributed by atoms with Gasteiger partial charge in [-0.2, -0.15) is 0 Å². The molecular weight excluding hydrogens is 425 g/mol. The highest BCUT2D eigenvalue weighted by atomic mass is 19.1. The van der Waals surface area contributed by atoms with Crippen LogP contribution in [0.25, 0.3) is 0 Å². The molecule has 3 rings (SSSR count). The first-order chi connectivity index (χ1) is 15.9. The molecule has 0 bridgehead atoms. The molecule has 7 nitrogen and oxygen atoms in total. The van der Waals surface area contributed by atoms with E-state index >= 15 is 0 Å². The molecular formula is C25H34FN3O4. The van der Waals surface area contributed by atoms with Gasteiger partial charge in [0.1, 0.15) is 12.4 Å². The van der Waals surface area contributed by atoms with E-state index in [9.17, 15) is 9.18 Å². The molecule has 1 aliphatic heterocycles. The Labute approximate surface area is 194 Å². The number of aliphatic hydroxyl groups is 1. The average Bonchev–Trinajstić information content (AvgIpc) is 3.19. The Hall–Kier alpha value is -2.84. The van der Waals surface area contributed by atoms with Gasteiger partial charge in [0.2, 0.25) is 0 Å². The number of anilines is 1. The van der Waals surface area contributed by atoms with Crippen molar-refractivity contribution in [3.63, 3.8) is 0 Å². The van der Waals surface area contributed by atoms with Crippen molar-refractivity contribution in [3.05, 3.63) is 52.8 Å². The van der Waals surface area contributed by atoms with Crippen LogP contribution in [0.2, 0.25) is 0 Å². The molecule has 1 heterocycles. The van der Waals surface area contributed by atoms with Crippen LogP contribution in [0.15, 0.2) is 30.3 Å². The zero-order valence-electron chi connectivity index (χ0n) is 19.4. The summed E-state index contributed by atoms with van der Waals surface area (Å²) in [6.07, 6.45) is 2.25. The lowest BCUT2D eigenvalue weighted by Gasteiger charge is -2.22. The predicted octanol–water partition coefficient (Wildman–Crippen LogP) is 2.67. The van der Waals surface area contributed by atoms with Crippen molar-refractivity contribution >= 4 is 11.6 Å². The topological polar surface area (TPSA) is 97.1 Å². The smallest absolute Gasteiger partial charge is 0.250 e. The number of carbonyl (C=O) groups excluding carboxylic acids is 1. The number of fused-ring (bicyclic) bond motifs is 1. The molecule has 1 atom stereocenters. The first-order valence-corrected chi connectivity index (χ1v) is 11.5. The first kappa shape index (κ1) is 24.8. The Bertz CT molecular complexity index is 953. The number of benzene rings is 2. The second-order valence-electron chi connectivity index (χ2n) is 8.26. The number of hydrogen-bond donors (Lipinski definition) is 3. The van der Waals surface area contributed by atoms with E-state index in [1.54, 1.807) is 6.07 Å². The maximum Gasteiger partial charge on any atom is 0.250 e. The molecule has 0 fully saturated rings. The molecule has 180 valence electrons. The Morgan fingerprint density at radius 2 is 2.09 bits per heavy atom. The van der Waals surface area contributed by atoms with E-state index in [-0.39, 0.29) is 18.5 Å². The van der Waals surface area contributed by atoms with Crippen LogP contribution >= 0.6 is 0 Å². The van der Waals surface area contributed by atoms with Crippen molar-refractivity contribution in [1.82, 2.24) is 5.32 Å². The Balaban J connectivity index is 1.57. The van der Waals surface area contributed by atoms with E-state index < -0.39 is 5.91 Å². The quantitative estimate of drug-likeness (QED) is 0.399. The van der Waals surface area contributed by atoms with Gasteiger partial charge in [-0.25, -0.2) is 4.39 Å². The number of nitrogens with two attached hydrogens (primary N) is 1. The number of nitrogens with zero attached hydrogens (tertiary/aromatic N) is 1. The summed E-state index contributed by atoms with van der Waals surface area (Å²) in [7, 11) is 0. The summed E-state index contributed by atoms with van der Waals surface area (Å²) in [6, 6.07) is 8.41. The number of ether oxygens (including phenoxy) is 2. The second-order valence-corrected chi connectivity index (χ2v) is 8.26. The molecule has 2 aromatic rings. The molecule has 2 aromatic carbocycles. The Morgan fingerprint density at radius 1 is 1.27 bits per heavy atom. The predicted molar refractivity (Wildman–Crippen MR) is 127 cm³/mol. The highest BCUT2D eigenvalue weighted by Crippen LogP contribution is 2.33. The molecule has 1 amide bonds. The number of rotatable bonds is 13. The van der Waals surface area contributed by atoms with E-state index in [4.69, 9.17) is 20.3 Å². The van der Waals surface area contributed by atoms with Crippen molar-refractivity contribution in [3.8, 4) is 11.5 Å². The maximum atomic E-state index is 13.5. The molecule has 0 saturated heterocycles. The fraction of sp³-hybridized carbons (Fsp3) is 0.480. The lowest BCUT2D eigenvalue weighted by molar-refractivity contribution is 0.100. The highest BCUT2D eigenvalue weighted by molar-refractivity contribution is 6.00. The largest absolute Gasteiger partial charge is 0.490 e. The third-order valence-electron chi connectivity index (χ3n) is 5.67. The monoisotopic (exact) mass is 459 g/mol. The van der Waals surface area contributed by atoms with Gasteiger partial charge >= 0.3 is 0 Å². The SMILES string of the molecule is CCOc1ccc(F)cc1OCCNC(C)Cc1cc2c(c(C(N)=O)c1)N(CCCO)CC2. The number of aliphatic hydroxyl groups excluding tert-OH is 1. The lowest BCUT2D eigenvalue weighted by Crippen LogP contribution is -2.32. The number of hydrogen-bond acceptors (Lipinski definition) is 6. The molecule has 8 heteroatoms. The van der Waals surface area contributed by atoms with Gasteiger partial charge in [0.15, 0.2) is 11.5 Å². The Kier molecular flexibility index (Phi) is 8.91. The fourth-order valence-corrected chi connectivity index (χ4v) is 4.24. The number of nitrogens with one attached hydrogen (secondary N) is 1. The molecule has 0 spiro atoms. The van der Waals surface area contributed by atoms with Gasteiger partial charge in [-0.05, 0) is 62.4 Å². The molecule has 33 heavy (non-hydrogen) atoms. The van der Waals surface area contributed by atoms with Gasteiger partial charge < -0.3 is 30.5 Å². The number of primary amides is 1. The summed E-state index contributed by atoms with van der Waals surface area (Å²) in [5, 5.41) is 12.5. The van der Waals surface area contributed by atoms with Crippen LogP contribution in [0.1, 0.15) is 41.8 Å². The summed E-state index contributed by atoms with van der Waals surface area (Å²) in [5.74, 6) is 0.114. The minimum absolute atomic E-state index is 0.120. The third-order valence-corrected chi connectivity index (χ3v) is 5.67. The third kappa shape index (κ3) is 6.58. The summed E-state index contributed by atoms with van der Waals surface area (Å²) in [4.78, 5) is 14.3.